The number of likely N-dealkylation sites (tertiary alicyclic amines) is 2. The maximum Gasteiger partial charge on any atom is 0.490 e. The molecule has 3 rings (SSSR count). The molecule has 2 saturated heterocycles. The molecule has 7 nitrogen and oxygen atoms in total. The molecule has 0 unspecified atom stereocenters. The topological polar surface area (TPSA) is 90.8 Å². The van der Waals surface area contributed by atoms with Crippen molar-refractivity contribution >= 4 is 29.5 Å². The molecular weight excluding hydrogens is 435 g/mol. The summed E-state index contributed by atoms with van der Waals surface area (Å²) in [5.41, 5.74) is 1.32. The minimum Gasteiger partial charge on any atom is -0.475 e. The SMILES string of the molecule is CSCC(=O)N1CCC2(CCC(=O)N(Cc3ccncc3)C2)CC1.O=C(O)C(F)(F)F. The largest absolute Gasteiger partial charge is 0.490 e. The summed E-state index contributed by atoms with van der Waals surface area (Å²) in [7, 11) is 0. The number of aromatic nitrogens is 1. The molecule has 31 heavy (non-hydrogen) atoms. The Morgan fingerprint density at radius 1 is 1.19 bits per heavy atom. The summed E-state index contributed by atoms with van der Waals surface area (Å²) in [5.74, 6) is -1.69. The number of thioether (sulfide) groups is 1. The number of carbonyl (C=O) groups excluding carboxylic acids is 2. The fourth-order valence-electron chi connectivity index (χ4n) is 3.81. The van der Waals surface area contributed by atoms with Crippen molar-refractivity contribution in [3.05, 3.63) is 30.1 Å². The number of carboxylic acid groups (broad SMARTS) is 1. The summed E-state index contributed by atoms with van der Waals surface area (Å²) in [4.78, 5) is 41.3. The molecule has 0 bridgehead atoms. The van der Waals surface area contributed by atoms with Crippen LogP contribution in [0.2, 0.25) is 0 Å². The summed E-state index contributed by atoms with van der Waals surface area (Å²) in [6.45, 7) is 3.14. The number of rotatable bonds is 4. The zero-order chi connectivity index (χ0) is 23.1. The van der Waals surface area contributed by atoms with E-state index in [9.17, 15) is 22.8 Å². The van der Waals surface area contributed by atoms with Gasteiger partial charge < -0.3 is 14.9 Å². The van der Waals surface area contributed by atoms with E-state index in [1.165, 1.54) is 0 Å². The average Bonchev–Trinajstić information content (AvgIpc) is 2.72. The number of aliphatic carboxylic acids is 1. The molecule has 2 aliphatic rings. The minimum atomic E-state index is -5.08. The first-order chi connectivity index (χ1) is 14.6. The van der Waals surface area contributed by atoms with Crippen LogP contribution in [-0.4, -0.2) is 75.5 Å². The monoisotopic (exact) mass is 461 g/mol. The van der Waals surface area contributed by atoms with Crippen molar-refractivity contribution < 1.29 is 32.7 Å². The molecule has 0 aromatic carbocycles. The van der Waals surface area contributed by atoms with Gasteiger partial charge in [0, 0.05) is 45.0 Å². The lowest BCUT2D eigenvalue weighted by molar-refractivity contribution is -0.192. The highest BCUT2D eigenvalue weighted by atomic mass is 32.2. The molecule has 3 heterocycles. The van der Waals surface area contributed by atoms with E-state index in [1.807, 2.05) is 28.2 Å². The molecular formula is C20H26F3N3O4S. The van der Waals surface area contributed by atoms with Gasteiger partial charge in [-0.25, -0.2) is 4.79 Å². The molecule has 1 spiro atoms. The van der Waals surface area contributed by atoms with Crippen LogP contribution >= 0.6 is 11.8 Å². The molecule has 2 amide bonds. The molecule has 2 aliphatic heterocycles. The van der Waals surface area contributed by atoms with E-state index in [0.29, 0.717) is 18.7 Å². The van der Waals surface area contributed by atoms with Crippen LogP contribution in [-0.2, 0) is 20.9 Å². The van der Waals surface area contributed by atoms with Crippen LogP contribution in [0.1, 0.15) is 31.2 Å². The van der Waals surface area contributed by atoms with E-state index in [4.69, 9.17) is 9.90 Å². The first kappa shape index (κ1) is 25.0. The number of hydrogen-bond acceptors (Lipinski definition) is 5. The Bertz CT molecular complexity index is 769. The fourth-order valence-corrected chi connectivity index (χ4v) is 4.24. The number of nitrogens with zero attached hydrogens (tertiary/aromatic N) is 3. The lowest BCUT2D eigenvalue weighted by Crippen LogP contribution is -2.52. The molecule has 1 aromatic heterocycles. The lowest BCUT2D eigenvalue weighted by Gasteiger charge is -2.47. The van der Waals surface area contributed by atoms with Crippen molar-refractivity contribution in [2.45, 2.75) is 38.4 Å². The molecule has 172 valence electrons. The Labute approximate surface area is 183 Å². The van der Waals surface area contributed by atoms with E-state index in [0.717, 1.165) is 44.5 Å². The van der Waals surface area contributed by atoms with Crippen molar-refractivity contribution in [1.29, 1.82) is 0 Å². The van der Waals surface area contributed by atoms with Crippen molar-refractivity contribution in [3.63, 3.8) is 0 Å². The maximum atomic E-state index is 12.3. The number of carboxylic acids is 1. The number of carbonyl (C=O) groups is 3. The quantitative estimate of drug-likeness (QED) is 0.742. The molecule has 1 aromatic rings. The highest BCUT2D eigenvalue weighted by Gasteiger charge is 2.41. The number of alkyl halides is 3. The standard InChI is InChI=1S/C18H25N3O2S.C2HF3O2/c1-24-13-17(23)20-10-6-18(7-11-20)5-2-16(22)21(14-18)12-15-3-8-19-9-4-15;3-2(4,5)1(6)7/h3-4,8-9H,2,5-7,10-14H2,1H3;(H,6,7). The predicted molar refractivity (Wildman–Crippen MR) is 109 cm³/mol. The van der Waals surface area contributed by atoms with Crippen molar-refractivity contribution in [2.24, 2.45) is 5.41 Å². The molecule has 1 N–H and O–H groups in total. The van der Waals surface area contributed by atoms with Crippen LogP contribution in [0.3, 0.4) is 0 Å². The predicted octanol–water partition coefficient (Wildman–Crippen LogP) is 2.81. The Balaban J connectivity index is 0.000000423. The summed E-state index contributed by atoms with van der Waals surface area (Å²) >= 11 is 1.58. The third-order valence-electron chi connectivity index (χ3n) is 5.56. The molecule has 0 atom stereocenters. The molecule has 2 fully saturated rings. The van der Waals surface area contributed by atoms with Crippen molar-refractivity contribution in [1.82, 2.24) is 14.8 Å². The number of halogens is 3. The van der Waals surface area contributed by atoms with E-state index in [-0.39, 0.29) is 17.2 Å². The number of pyridine rings is 1. The van der Waals surface area contributed by atoms with Gasteiger partial charge in [-0.05, 0) is 48.6 Å². The van der Waals surface area contributed by atoms with Gasteiger partial charge in [0.1, 0.15) is 0 Å². The highest BCUT2D eigenvalue weighted by molar-refractivity contribution is 7.99. The number of hydrogen-bond donors (Lipinski definition) is 1. The van der Waals surface area contributed by atoms with E-state index in [2.05, 4.69) is 4.98 Å². The second-order valence-electron chi connectivity index (χ2n) is 7.72. The Hall–Kier alpha value is -2.30. The minimum absolute atomic E-state index is 0.192. The first-order valence-corrected chi connectivity index (χ1v) is 11.2. The third-order valence-corrected chi connectivity index (χ3v) is 6.09. The van der Waals surface area contributed by atoms with E-state index >= 15 is 0 Å². The van der Waals surface area contributed by atoms with E-state index in [1.54, 1.807) is 24.2 Å². The molecule has 11 heteroatoms. The smallest absolute Gasteiger partial charge is 0.475 e. The number of piperidine rings is 2. The van der Waals surface area contributed by atoms with Crippen LogP contribution in [0.5, 0.6) is 0 Å². The van der Waals surface area contributed by atoms with Crippen molar-refractivity contribution in [2.75, 3.05) is 31.6 Å². The zero-order valence-electron chi connectivity index (χ0n) is 17.2. The van der Waals surface area contributed by atoms with Gasteiger partial charge in [0.2, 0.25) is 11.8 Å². The average molecular weight is 462 g/mol. The van der Waals surface area contributed by atoms with E-state index < -0.39 is 12.1 Å². The van der Waals surface area contributed by atoms with Crippen LogP contribution in [0.25, 0.3) is 0 Å². The van der Waals surface area contributed by atoms with Gasteiger partial charge in [0.15, 0.2) is 0 Å². The van der Waals surface area contributed by atoms with Gasteiger partial charge in [-0.2, -0.15) is 24.9 Å². The van der Waals surface area contributed by atoms with Crippen LogP contribution in [0.15, 0.2) is 24.5 Å². The van der Waals surface area contributed by atoms with Gasteiger partial charge in [0.25, 0.3) is 0 Å². The van der Waals surface area contributed by atoms with Gasteiger partial charge in [-0.3, -0.25) is 14.6 Å². The highest BCUT2D eigenvalue weighted by Crippen LogP contribution is 2.40. The summed E-state index contributed by atoms with van der Waals surface area (Å²) in [5, 5.41) is 7.12. The molecule has 0 saturated carbocycles. The Morgan fingerprint density at radius 2 is 1.77 bits per heavy atom. The maximum absolute atomic E-state index is 12.3. The van der Waals surface area contributed by atoms with Crippen LogP contribution in [0.4, 0.5) is 13.2 Å². The Kier molecular flexibility index (Phi) is 8.72. The van der Waals surface area contributed by atoms with Gasteiger partial charge in [-0.1, -0.05) is 0 Å². The molecule has 0 radical (unpaired) electrons. The third kappa shape index (κ3) is 7.41. The van der Waals surface area contributed by atoms with Crippen molar-refractivity contribution in [3.8, 4) is 0 Å². The van der Waals surface area contributed by atoms with Gasteiger partial charge in [-0.15, -0.1) is 0 Å². The van der Waals surface area contributed by atoms with Gasteiger partial charge >= 0.3 is 12.1 Å². The first-order valence-electron chi connectivity index (χ1n) is 9.80. The van der Waals surface area contributed by atoms with Gasteiger partial charge in [0.05, 0.1) is 5.75 Å². The molecule has 0 aliphatic carbocycles. The normalized spacial score (nSPS) is 18.4. The summed E-state index contributed by atoms with van der Waals surface area (Å²) in [6, 6.07) is 3.94. The zero-order valence-corrected chi connectivity index (χ0v) is 18.0. The second-order valence-corrected chi connectivity index (χ2v) is 8.59. The summed E-state index contributed by atoms with van der Waals surface area (Å²) in [6.07, 6.45) is 4.03. The van der Waals surface area contributed by atoms with Crippen LogP contribution in [0, 0.1) is 5.41 Å². The number of amides is 2. The lowest BCUT2D eigenvalue weighted by atomic mass is 9.72. The fraction of sp³-hybridized carbons (Fsp3) is 0.600. The Morgan fingerprint density at radius 3 is 2.29 bits per heavy atom. The second kappa shape index (κ2) is 10.8. The van der Waals surface area contributed by atoms with Crippen LogP contribution < -0.4 is 0 Å². The summed E-state index contributed by atoms with van der Waals surface area (Å²) < 4.78 is 31.7.